The Hall–Kier alpha value is -2.32. The molecule has 3 atom stereocenters. The summed E-state index contributed by atoms with van der Waals surface area (Å²) in [7, 11) is 1.21. The summed E-state index contributed by atoms with van der Waals surface area (Å²) in [6.45, 7) is 4.43. The molecule has 54 heavy (non-hydrogen) atoms. The molecule has 310 valence electrons. The molecule has 0 aromatic carbocycles. The molecule has 0 aliphatic rings. The third-order valence-corrected chi connectivity index (χ3v) is 9.55. The minimum absolute atomic E-state index is 0.0155. The maximum Gasteiger partial charge on any atom is 0.268 e. The number of hydrogen-bond donors (Lipinski definition) is 2. The molecule has 3 unspecified atom stereocenters. The predicted molar refractivity (Wildman–Crippen MR) is 228 cm³/mol. The van der Waals surface area contributed by atoms with Crippen molar-refractivity contribution in [2.45, 2.75) is 154 Å². The minimum Gasteiger partial charge on any atom is -0.756 e. The van der Waals surface area contributed by atoms with Gasteiger partial charge in [0.25, 0.3) is 7.82 Å². The zero-order valence-corrected chi connectivity index (χ0v) is 35.8. The lowest BCUT2D eigenvalue weighted by molar-refractivity contribution is -0.870. The monoisotopic (exact) mass is 775 g/mol. The Morgan fingerprint density at radius 1 is 0.667 bits per heavy atom. The molecule has 0 saturated carbocycles. The first-order valence-electron chi connectivity index (χ1n) is 20.9. The molecular weight excluding hydrogens is 695 g/mol. The molecule has 8 nitrogen and oxygen atoms in total. The van der Waals surface area contributed by atoms with Crippen LogP contribution < -0.4 is 10.2 Å². The van der Waals surface area contributed by atoms with E-state index in [4.69, 9.17) is 9.05 Å². The Morgan fingerprint density at radius 2 is 1.15 bits per heavy atom. The summed E-state index contributed by atoms with van der Waals surface area (Å²) in [5.74, 6) is -0.233. The highest BCUT2D eigenvalue weighted by Gasteiger charge is 2.23. The number of amides is 1. The summed E-state index contributed by atoms with van der Waals surface area (Å²) in [5, 5.41) is 13.7. The van der Waals surface area contributed by atoms with Crippen LogP contribution in [0.2, 0.25) is 0 Å². The van der Waals surface area contributed by atoms with Crippen molar-refractivity contribution in [3.63, 3.8) is 0 Å². The highest BCUT2D eigenvalue weighted by atomic mass is 31.2. The molecule has 2 N–H and O–H groups in total. The number of aliphatic hydroxyl groups excluding tert-OH is 1. The summed E-state index contributed by atoms with van der Waals surface area (Å²) in [4.78, 5) is 25.2. The minimum atomic E-state index is -4.60. The van der Waals surface area contributed by atoms with Gasteiger partial charge in [-0.2, -0.15) is 0 Å². The number of nitrogens with zero attached hydrogens (tertiary/aromatic N) is 1. The molecule has 0 aliphatic heterocycles. The number of likely N-dealkylation sites (N-methyl/N-ethyl adjacent to an activating group) is 1. The molecule has 0 heterocycles. The molecule has 0 saturated heterocycles. The first kappa shape index (κ1) is 51.7. The van der Waals surface area contributed by atoms with E-state index in [2.05, 4.69) is 92.1 Å². The Balaban J connectivity index is 4.49. The number of carbonyl (C=O) groups excluding carboxylic acids is 1. The van der Waals surface area contributed by atoms with Crippen molar-refractivity contribution < 1.29 is 32.9 Å². The second-order valence-corrected chi connectivity index (χ2v) is 16.4. The van der Waals surface area contributed by atoms with Gasteiger partial charge in [-0.1, -0.05) is 144 Å². The van der Waals surface area contributed by atoms with Crippen LogP contribution in [0.1, 0.15) is 142 Å². The van der Waals surface area contributed by atoms with E-state index in [9.17, 15) is 19.4 Å². The molecule has 0 rings (SSSR count). The number of hydrogen-bond acceptors (Lipinski definition) is 6. The van der Waals surface area contributed by atoms with Crippen molar-refractivity contribution in [3.05, 3.63) is 85.1 Å². The number of carbonyl (C=O) groups is 1. The number of unbranched alkanes of at least 4 members (excludes halogenated alkanes) is 11. The smallest absolute Gasteiger partial charge is 0.268 e. The average Bonchev–Trinajstić information content (AvgIpc) is 3.12. The van der Waals surface area contributed by atoms with Crippen LogP contribution in [0.5, 0.6) is 0 Å². The molecule has 0 aliphatic carbocycles. The lowest BCUT2D eigenvalue weighted by Gasteiger charge is -2.29. The van der Waals surface area contributed by atoms with Gasteiger partial charge in [0.2, 0.25) is 5.91 Å². The fraction of sp³-hybridized carbons (Fsp3) is 0.667. The van der Waals surface area contributed by atoms with E-state index in [0.29, 0.717) is 17.4 Å². The molecule has 0 spiro atoms. The van der Waals surface area contributed by atoms with E-state index >= 15 is 0 Å². The number of phosphoric acid groups is 1. The summed E-state index contributed by atoms with van der Waals surface area (Å²) < 4.78 is 23.1. The van der Waals surface area contributed by atoms with Crippen LogP contribution in [0.4, 0.5) is 0 Å². The zero-order chi connectivity index (χ0) is 40.0. The molecule has 0 aromatic heterocycles. The largest absolute Gasteiger partial charge is 0.756 e. The van der Waals surface area contributed by atoms with E-state index in [1.807, 2.05) is 27.2 Å². The first-order chi connectivity index (χ1) is 26.0. The first-order valence-corrected chi connectivity index (χ1v) is 22.4. The zero-order valence-electron chi connectivity index (χ0n) is 34.9. The Bertz CT molecular complexity index is 1150. The van der Waals surface area contributed by atoms with Crippen LogP contribution >= 0.6 is 7.82 Å². The Labute approximate surface area is 331 Å². The predicted octanol–water partition coefficient (Wildman–Crippen LogP) is 10.8. The van der Waals surface area contributed by atoms with Gasteiger partial charge in [-0.05, 0) is 77.0 Å². The maximum atomic E-state index is 12.8. The lowest BCUT2D eigenvalue weighted by Crippen LogP contribution is -2.45. The van der Waals surface area contributed by atoms with Gasteiger partial charge in [0.05, 0.1) is 39.9 Å². The van der Waals surface area contributed by atoms with Gasteiger partial charge in [-0.15, -0.1) is 0 Å². The fourth-order valence-corrected chi connectivity index (χ4v) is 5.97. The van der Waals surface area contributed by atoms with Crippen molar-refractivity contribution >= 4 is 13.7 Å². The number of allylic oxidation sites excluding steroid dienone is 13. The number of phosphoric ester groups is 1. The third-order valence-electron chi connectivity index (χ3n) is 8.59. The summed E-state index contributed by atoms with van der Waals surface area (Å²) >= 11 is 0. The number of aliphatic hydroxyl groups is 1. The second-order valence-electron chi connectivity index (χ2n) is 14.9. The number of nitrogens with one attached hydrogen (secondary N) is 1. The van der Waals surface area contributed by atoms with E-state index in [1.54, 1.807) is 6.08 Å². The highest BCUT2D eigenvalue weighted by molar-refractivity contribution is 7.45. The Morgan fingerprint density at radius 3 is 1.72 bits per heavy atom. The maximum absolute atomic E-state index is 12.8. The van der Waals surface area contributed by atoms with Crippen LogP contribution in [-0.2, 0) is 18.4 Å². The van der Waals surface area contributed by atoms with E-state index < -0.39 is 26.6 Å². The van der Waals surface area contributed by atoms with Crippen LogP contribution in [0.3, 0.4) is 0 Å². The SMILES string of the molecule is CC/C=C\C/C=C\C/C=C\C/C=C\C/C=C\CCCCCCCC(=O)NC(COP(=O)([O-])OCC[N+](C)(C)C)C(O)/C=C/CC/C=C/CCCCCCC. The van der Waals surface area contributed by atoms with Crippen LogP contribution in [0.25, 0.3) is 0 Å². The topological polar surface area (TPSA) is 108 Å². The van der Waals surface area contributed by atoms with E-state index in [0.717, 1.165) is 89.9 Å². The van der Waals surface area contributed by atoms with Crippen LogP contribution in [0.15, 0.2) is 85.1 Å². The van der Waals surface area contributed by atoms with Crippen LogP contribution in [-0.4, -0.2) is 68.5 Å². The van der Waals surface area contributed by atoms with Crippen molar-refractivity contribution in [3.8, 4) is 0 Å². The van der Waals surface area contributed by atoms with E-state index in [-0.39, 0.29) is 12.5 Å². The molecule has 0 radical (unpaired) electrons. The van der Waals surface area contributed by atoms with Gasteiger partial charge in [-0.25, -0.2) is 0 Å². The molecule has 0 aromatic rings. The summed E-state index contributed by atoms with van der Waals surface area (Å²) in [6.07, 6.45) is 49.2. The highest BCUT2D eigenvalue weighted by Crippen LogP contribution is 2.38. The normalized spacial score (nSPS) is 15.3. The molecule has 0 fully saturated rings. The van der Waals surface area contributed by atoms with Gasteiger partial charge in [-0.3, -0.25) is 9.36 Å². The number of quaternary nitrogens is 1. The van der Waals surface area contributed by atoms with Crippen LogP contribution in [0, 0.1) is 0 Å². The van der Waals surface area contributed by atoms with Crippen molar-refractivity contribution in [2.75, 3.05) is 40.9 Å². The van der Waals surface area contributed by atoms with Gasteiger partial charge in [0.1, 0.15) is 13.2 Å². The molecule has 9 heteroatoms. The van der Waals surface area contributed by atoms with Gasteiger partial charge in [0.15, 0.2) is 0 Å². The quantitative estimate of drug-likeness (QED) is 0.0284. The number of rotatable bonds is 36. The Kier molecular flexibility index (Phi) is 34.8. The van der Waals surface area contributed by atoms with Gasteiger partial charge in [0, 0.05) is 6.42 Å². The molecule has 1 amide bonds. The second kappa shape index (κ2) is 36.3. The standard InChI is InChI=1S/C45H79N2O6P/c1-6-8-10-12-14-16-18-19-20-21-22-23-24-25-26-27-29-31-33-35-37-39-45(49)46-43(42-53-54(50,51)52-41-40-47(3,4)5)44(48)38-36-34-32-30-28-17-15-13-11-9-7-2/h8,10,14,16,19-20,22-23,25-26,28,30,36,38,43-44,48H,6-7,9,11-13,15,17-18,21,24,27,29,31-35,37,39-42H2,1-5H3,(H-,46,49,50,51)/b10-8-,16-14-,20-19-,23-22-,26-25-,30-28+,38-36+. The van der Waals surface area contributed by atoms with Gasteiger partial charge >= 0.3 is 0 Å². The molecule has 0 bridgehead atoms. The third kappa shape index (κ3) is 38.0. The average molecular weight is 775 g/mol. The summed E-state index contributed by atoms with van der Waals surface area (Å²) in [6, 6.07) is -0.917. The van der Waals surface area contributed by atoms with Gasteiger partial charge < -0.3 is 28.8 Å². The van der Waals surface area contributed by atoms with Crippen molar-refractivity contribution in [2.24, 2.45) is 0 Å². The fourth-order valence-electron chi connectivity index (χ4n) is 5.25. The molecular formula is C45H79N2O6P. The summed E-state index contributed by atoms with van der Waals surface area (Å²) in [5.41, 5.74) is 0. The van der Waals surface area contributed by atoms with E-state index in [1.165, 1.54) is 32.1 Å². The van der Waals surface area contributed by atoms with Crippen molar-refractivity contribution in [1.29, 1.82) is 0 Å². The lowest BCUT2D eigenvalue weighted by atomic mass is 10.1. The van der Waals surface area contributed by atoms with Crippen molar-refractivity contribution in [1.82, 2.24) is 5.32 Å².